The molecule has 0 aliphatic heterocycles. The van der Waals surface area contributed by atoms with Crippen LogP contribution in [-0.2, 0) is 7.05 Å². The molecular formula is C13H24N4. The molecule has 1 heterocycles. The maximum atomic E-state index is 4.16. The molecule has 0 amide bonds. The molecule has 1 atom stereocenters. The Morgan fingerprint density at radius 1 is 1.41 bits per heavy atom. The van der Waals surface area contributed by atoms with Gasteiger partial charge in [-0.3, -0.25) is 0 Å². The van der Waals surface area contributed by atoms with Crippen LogP contribution in [0.5, 0.6) is 0 Å². The summed E-state index contributed by atoms with van der Waals surface area (Å²) in [6, 6.07) is 0.920. The summed E-state index contributed by atoms with van der Waals surface area (Å²) in [5.74, 6) is 1.02. The molecule has 0 saturated heterocycles. The minimum absolute atomic E-state index is 0.286. The molecule has 0 radical (unpaired) electrons. The zero-order valence-electron chi connectivity index (χ0n) is 11.4. The molecule has 1 aliphatic carbocycles. The Hall–Kier alpha value is -0.900. The lowest BCUT2D eigenvalue weighted by Crippen LogP contribution is -2.37. The summed E-state index contributed by atoms with van der Waals surface area (Å²) < 4.78 is 1.99. The fourth-order valence-corrected chi connectivity index (χ4v) is 2.68. The first kappa shape index (κ1) is 12.6. The van der Waals surface area contributed by atoms with Crippen LogP contribution in [0.4, 0.5) is 0 Å². The van der Waals surface area contributed by atoms with Crippen molar-refractivity contribution >= 4 is 0 Å². The highest BCUT2D eigenvalue weighted by Gasteiger charge is 2.27. The Kier molecular flexibility index (Phi) is 3.52. The van der Waals surface area contributed by atoms with E-state index in [1.807, 2.05) is 11.6 Å². The highest BCUT2D eigenvalue weighted by Crippen LogP contribution is 2.35. The van der Waals surface area contributed by atoms with E-state index in [9.17, 15) is 0 Å². The Labute approximate surface area is 104 Å². The van der Waals surface area contributed by atoms with E-state index >= 15 is 0 Å². The molecule has 0 bridgehead atoms. The average molecular weight is 236 g/mol. The summed E-state index contributed by atoms with van der Waals surface area (Å²) in [5.41, 5.74) is 0.534. The molecule has 4 heteroatoms. The van der Waals surface area contributed by atoms with Crippen molar-refractivity contribution in [3.63, 3.8) is 0 Å². The first-order valence-corrected chi connectivity index (χ1v) is 6.58. The molecule has 17 heavy (non-hydrogen) atoms. The van der Waals surface area contributed by atoms with Crippen molar-refractivity contribution in [1.82, 2.24) is 20.1 Å². The molecule has 1 N–H and O–H groups in total. The molecule has 1 aromatic heterocycles. The standard InChI is InChI=1S/C13H24N4/c1-10(12-16-14-9-17(12)4)15-11-5-7-13(2,3)8-6-11/h9-11,15H,5-8H2,1-4H3. The van der Waals surface area contributed by atoms with E-state index in [1.165, 1.54) is 25.7 Å². The summed E-state index contributed by atoms with van der Waals surface area (Å²) in [4.78, 5) is 0. The van der Waals surface area contributed by atoms with Gasteiger partial charge in [-0.05, 0) is 38.0 Å². The average Bonchev–Trinajstić information content (AvgIpc) is 2.68. The maximum absolute atomic E-state index is 4.16. The van der Waals surface area contributed by atoms with Gasteiger partial charge in [-0.2, -0.15) is 0 Å². The monoisotopic (exact) mass is 236 g/mol. The minimum Gasteiger partial charge on any atom is -0.319 e. The van der Waals surface area contributed by atoms with Crippen molar-refractivity contribution in [1.29, 1.82) is 0 Å². The van der Waals surface area contributed by atoms with Crippen molar-refractivity contribution in [3.8, 4) is 0 Å². The van der Waals surface area contributed by atoms with Crippen molar-refractivity contribution in [2.75, 3.05) is 0 Å². The molecule has 4 nitrogen and oxygen atoms in total. The van der Waals surface area contributed by atoms with Crippen LogP contribution in [0.25, 0.3) is 0 Å². The third kappa shape index (κ3) is 3.06. The largest absolute Gasteiger partial charge is 0.319 e. The molecule has 0 spiro atoms. The van der Waals surface area contributed by atoms with Gasteiger partial charge in [0.25, 0.3) is 0 Å². The lowest BCUT2D eigenvalue weighted by Gasteiger charge is -2.35. The Morgan fingerprint density at radius 2 is 2.06 bits per heavy atom. The number of aryl methyl sites for hydroxylation is 1. The molecule has 1 aliphatic rings. The lowest BCUT2D eigenvalue weighted by molar-refractivity contribution is 0.198. The van der Waals surface area contributed by atoms with Crippen LogP contribution in [-0.4, -0.2) is 20.8 Å². The van der Waals surface area contributed by atoms with E-state index in [-0.39, 0.29) is 6.04 Å². The van der Waals surface area contributed by atoms with Gasteiger partial charge < -0.3 is 9.88 Å². The predicted octanol–water partition coefficient (Wildman–Crippen LogP) is 2.43. The van der Waals surface area contributed by atoms with E-state index in [0.29, 0.717) is 11.5 Å². The van der Waals surface area contributed by atoms with E-state index in [0.717, 1.165) is 5.82 Å². The second-order valence-electron chi connectivity index (χ2n) is 6.13. The second-order valence-corrected chi connectivity index (χ2v) is 6.13. The van der Waals surface area contributed by atoms with Gasteiger partial charge in [0, 0.05) is 13.1 Å². The van der Waals surface area contributed by atoms with Crippen molar-refractivity contribution < 1.29 is 0 Å². The zero-order chi connectivity index (χ0) is 12.5. The second kappa shape index (κ2) is 4.77. The highest BCUT2D eigenvalue weighted by molar-refractivity contribution is 4.94. The molecule has 1 unspecified atom stereocenters. The molecule has 1 aromatic rings. The number of aromatic nitrogens is 3. The van der Waals surface area contributed by atoms with E-state index in [1.54, 1.807) is 6.33 Å². The molecule has 0 aromatic carbocycles. The fraction of sp³-hybridized carbons (Fsp3) is 0.846. The van der Waals surface area contributed by atoms with Gasteiger partial charge in [0.2, 0.25) is 0 Å². The van der Waals surface area contributed by atoms with Gasteiger partial charge in [0.15, 0.2) is 0 Å². The predicted molar refractivity (Wildman–Crippen MR) is 68.6 cm³/mol. The third-order valence-corrected chi connectivity index (χ3v) is 3.96. The van der Waals surface area contributed by atoms with Crippen LogP contribution < -0.4 is 5.32 Å². The molecule has 1 fully saturated rings. The van der Waals surface area contributed by atoms with Gasteiger partial charge in [-0.15, -0.1) is 10.2 Å². The van der Waals surface area contributed by atoms with Gasteiger partial charge in [0.1, 0.15) is 12.2 Å². The van der Waals surface area contributed by atoms with E-state index < -0.39 is 0 Å². The van der Waals surface area contributed by atoms with Crippen LogP contribution in [0, 0.1) is 5.41 Å². The smallest absolute Gasteiger partial charge is 0.149 e. The number of hydrogen-bond acceptors (Lipinski definition) is 3. The number of hydrogen-bond donors (Lipinski definition) is 1. The SMILES string of the molecule is CC(NC1CCC(C)(C)CC1)c1nncn1C. The number of nitrogens with one attached hydrogen (secondary N) is 1. The van der Waals surface area contributed by atoms with Crippen LogP contribution in [0.1, 0.15) is 58.3 Å². The normalized spacial score (nSPS) is 22.6. The van der Waals surface area contributed by atoms with E-state index in [4.69, 9.17) is 0 Å². The molecule has 1 saturated carbocycles. The van der Waals surface area contributed by atoms with Crippen LogP contribution in [0.15, 0.2) is 6.33 Å². The summed E-state index contributed by atoms with van der Waals surface area (Å²) in [6.45, 7) is 6.91. The first-order valence-electron chi connectivity index (χ1n) is 6.58. The minimum atomic E-state index is 0.286. The Morgan fingerprint density at radius 3 is 2.59 bits per heavy atom. The zero-order valence-corrected chi connectivity index (χ0v) is 11.4. The number of nitrogens with zero attached hydrogens (tertiary/aromatic N) is 3. The molecule has 2 rings (SSSR count). The van der Waals surface area contributed by atoms with Crippen molar-refractivity contribution in [3.05, 3.63) is 12.2 Å². The van der Waals surface area contributed by atoms with Gasteiger partial charge in [-0.1, -0.05) is 13.8 Å². The van der Waals surface area contributed by atoms with Crippen LogP contribution in [0.3, 0.4) is 0 Å². The summed E-state index contributed by atoms with van der Waals surface area (Å²) >= 11 is 0. The van der Waals surface area contributed by atoms with Crippen molar-refractivity contribution in [2.24, 2.45) is 12.5 Å². The van der Waals surface area contributed by atoms with Crippen LogP contribution in [0.2, 0.25) is 0 Å². The lowest BCUT2D eigenvalue weighted by atomic mass is 9.75. The van der Waals surface area contributed by atoms with E-state index in [2.05, 4.69) is 36.3 Å². The van der Waals surface area contributed by atoms with Gasteiger partial charge in [0.05, 0.1) is 6.04 Å². The summed E-state index contributed by atoms with van der Waals surface area (Å²) in [6.07, 6.45) is 6.94. The Balaban J connectivity index is 1.88. The van der Waals surface area contributed by atoms with Gasteiger partial charge >= 0.3 is 0 Å². The summed E-state index contributed by atoms with van der Waals surface area (Å²) in [5, 5.41) is 11.8. The highest BCUT2D eigenvalue weighted by atomic mass is 15.3. The molecule has 96 valence electrons. The Bertz CT molecular complexity index is 359. The fourth-order valence-electron chi connectivity index (χ4n) is 2.68. The first-order chi connectivity index (χ1) is 7.98. The quantitative estimate of drug-likeness (QED) is 0.876. The number of rotatable bonds is 3. The summed E-state index contributed by atoms with van der Waals surface area (Å²) in [7, 11) is 2.00. The molecular weight excluding hydrogens is 212 g/mol. The third-order valence-electron chi connectivity index (χ3n) is 3.96. The maximum Gasteiger partial charge on any atom is 0.149 e. The van der Waals surface area contributed by atoms with Crippen molar-refractivity contribution in [2.45, 2.75) is 58.5 Å². The topological polar surface area (TPSA) is 42.7 Å². The van der Waals surface area contributed by atoms with Gasteiger partial charge in [-0.25, -0.2) is 0 Å². The van der Waals surface area contributed by atoms with Crippen LogP contribution >= 0.6 is 0 Å².